The van der Waals surface area contributed by atoms with Crippen molar-refractivity contribution in [3.05, 3.63) is 38.3 Å². The van der Waals surface area contributed by atoms with E-state index in [0.717, 1.165) is 0 Å². The molecule has 0 aromatic heterocycles. The van der Waals surface area contributed by atoms with E-state index in [1.807, 2.05) is 0 Å². The summed E-state index contributed by atoms with van der Waals surface area (Å²) in [5.41, 5.74) is -0.0247. The minimum atomic E-state index is -0.977. The molecule has 18 heavy (non-hydrogen) atoms. The van der Waals surface area contributed by atoms with Crippen molar-refractivity contribution < 1.29 is 19.2 Å². The molecule has 0 aliphatic heterocycles. The summed E-state index contributed by atoms with van der Waals surface area (Å²) in [7, 11) is 0. The molecule has 0 aliphatic carbocycles. The predicted molar refractivity (Wildman–Crippen MR) is 66.1 cm³/mol. The molecule has 0 heterocycles. The van der Waals surface area contributed by atoms with Crippen LogP contribution in [0.3, 0.4) is 0 Å². The Morgan fingerprint density at radius 3 is 2.67 bits per heavy atom. The first-order valence-corrected chi connectivity index (χ1v) is 5.87. The Kier molecular flexibility index (Phi) is 4.96. The highest BCUT2D eigenvalue weighted by atomic mass is 79.9. The Morgan fingerprint density at radius 1 is 1.44 bits per heavy atom. The van der Waals surface area contributed by atoms with Gasteiger partial charge in [-0.25, -0.2) is 4.79 Å². The number of nitro groups is 1. The van der Waals surface area contributed by atoms with Crippen LogP contribution in [0.25, 0.3) is 0 Å². The van der Waals surface area contributed by atoms with E-state index in [4.69, 9.17) is 0 Å². The van der Waals surface area contributed by atoms with Crippen LogP contribution >= 0.6 is 15.9 Å². The number of esters is 1. The molecule has 6 nitrogen and oxygen atoms in total. The highest BCUT2D eigenvalue weighted by molar-refractivity contribution is 9.10. The molecule has 0 bridgehead atoms. The van der Waals surface area contributed by atoms with Crippen molar-refractivity contribution in [2.45, 2.75) is 13.3 Å². The monoisotopic (exact) mass is 315 g/mol. The standard InChI is InChI=1S/C11H10BrNO5/c1-2-18-11(15)10(14)5-7-3-4-8(12)6-9(7)13(16)17/h3-4,6H,2,5H2,1H3. The van der Waals surface area contributed by atoms with Gasteiger partial charge in [-0.15, -0.1) is 0 Å². The SMILES string of the molecule is CCOC(=O)C(=O)Cc1ccc(Br)cc1[N+](=O)[O-]. The Balaban J connectivity index is 2.94. The first-order valence-electron chi connectivity index (χ1n) is 5.08. The molecule has 0 spiro atoms. The first-order chi connectivity index (χ1) is 8.45. The van der Waals surface area contributed by atoms with E-state index in [1.165, 1.54) is 12.1 Å². The molecule has 0 aliphatic rings. The zero-order valence-electron chi connectivity index (χ0n) is 9.51. The smallest absolute Gasteiger partial charge is 0.374 e. The van der Waals surface area contributed by atoms with Gasteiger partial charge < -0.3 is 4.74 Å². The summed E-state index contributed by atoms with van der Waals surface area (Å²) in [4.78, 5) is 32.8. The van der Waals surface area contributed by atoms with Crippen LogP contribution in [0.1, 0.15) is 12.5 Å². The molecule has 1 aromatic rings. The molecule has 1 rings (SSSR count). The molecule has 7 heteroatoms. The van der Waals surface area contributed by atoms with E-state index < -0.39 is 16.7 Å². The summed E-state index contributed by atoms with van der Waals surface area (Å²) >= 11 is 3.10. The first kappa shape index (κ1) is 14.3. The van der Waals surface area contributed by atoms with Gasteiger partial charge in [-0.1, -0.05) is 22.0 Å². The highest BCUT2D eigenvalue weighted by Gasteiger charge is 2.21. The van der Waals surface area contributed by atoms with E-state index in [2.05, 4.69) is 20.7 Å². The van der Waals surface area contributed by atoms with Gasteiger partial charge in [0.1, 0.15) is 0 Å². The van der Waals surface area contributed by atoms with E-state index in [0.29, 0.717) is 4.47 Å². The molecule has 0 unspecified atom stereocenters. The predicted octanol–water partition coefficient (Wildman–Crippen LogP) is 2.03. The zero-order chi connectivity index (χ0) is 13.7. The Hall–Kier alpha value is -1.76. The van der Waals surface area contributed by atoms with Gasteiger partial charge in [-0.3, -0.25) is 14.9 Å². The molecular weight excluding hydrogens is 306 g/mol. The van der Waals surface area contributed by atoms with Gasteiger partial charge in [0.25, 0.3) is 5.69 Å². The summed E-state index contributed by atoms with van der Waals surface area (Å²) in [5, 5.41) is 10.8. The maximum Gasteiger partial charge on any atom is 0.374 e. The van der Waals surface area contributed by atoms with E-state index >= 15 is 0 Å². The molecule has 96 valence electrons. The van der Waals surface area contributed by atoms with E-state index in [1.54, 1.807) is 13.0 Å². The molecular formula is C11H10BrNO5. The molecule has 0 amide bonds. The Labute approximate surface area is 111 Å². The number of nitrogens with zero attached hydrogens (tertiary/aromatic N) is 1. The maximum atomic E-state index is 11.5. The largest absolute Gasteiger partial charge is 0.460 e. The molecule has 0 fully saturated rings. The van der Waals surface area contributed by atoms with Crippen molar-refractivity contribution >= 4 is 33.4 Å². The second-order valence-corrected chi connectivity index (χ2v) is 4.27. The summed E-state index contributed by atoms with van der Waals surface area (Å²) in [6, 6.07) is 4.29. The average molecular weight is 316 g/mol. The molecule has 0 radical (unpaired) electrons. The highest BCUT2D eigenvalue weighted by Crippen LogP contribution is 2.24. The van der Waals surface area contributed by atoms with E-state index in [9.17, 15) is 19.7 Å². The Morgan fingerprint density at radius 2 is 2.11 bits per heavy atom. The minimum absolute atomic E-state index is 0.0903. The summed E-state index contributed by atoms with van der Waals surface area (Å²) in [5.74, 6) is -1.78. The van der Waals surface area contributed by atoms with Crippen LogP contribution in [0.4, 0.5) is 5.69 Å². The van der Waals surface area contributed by atoms with Crippen LogP contribution in [0.15, 0.2) is 22.7 Å². The van der Waals surface area contributed by atoms with Crippen LogP contribution in [-0.2, 0) is 20.7 Å². The van der Waals surface area contributed by atoms with Crippen LogP contribution in [0, 0.1) is 10.1 Å². The van der Waals surface area contributed by atoms with Crippen LogP contribution in [0.2, 0.25) is 0 Å². The average Bonchev–Trinajstić information content (AvgIpc) is 2.31. The lowest BCUT2D eigenvalue weighted by Gasteiger charge is -2.03. The maximum absolute atomic E-state index is 11.5. The number of carbonyl (C=O) groups excluding carboxylic acids is 2. The van der Waals surface area contributed by atoms with Gasteiger partial charge in [0.2, 0.25) is 5.78 Å². The van der Waals surface area contributed by atoms with Crippen molar-refractivity contribution in [1.29, 1.82) is 0 Å². The fourth-order valence-electron chi connectivity index (χ4n) is 1.31. The zero-order valence-corrected chi connectivity index (χ0v) is 11.1. The number of nitro benzene ring substituents is 1. The van der Waals surface area contributed by atoms with Crippen molar-refractivity contribution in [3.63, 3.8) is 0 Å². The number of ether oxygens (including phenoxy) is 1. The fraction of sp³-hybridized carbons (Fsp3) is 0.273. The number of carbonyl (C=O) groups is 2. The summed E-state index contributed by atoms with van der Waals surface area (Å²) in [6.07, 6.45) is -0.345. The van der Waals surface area contributed by atoms with Gasteiger partial charge in [-0.05, 0) is 13.0 Å². The minimum Gasteiger partial charge on any atom is -0.460 e. The molecule has 0 saturated carbocycles. The van der Waals surface area contributed by atoms with Crippen molar-refractivity contribution in [2.24, 2.45) is 0 Å². The second kappa shape index (κ2) is 6.25. The third-order valence-electron chi connectivity index (χ3n) is 2.10. The van der Waals surface area contributed by atoms with E-state index in [-0.39, 0.29) is 24.3 Å². The topological polar surface area (TPSA) is 86.5 Å². The second-order valence-electron chi connectivity index (χ2n) is 3.35. The molecule has 0 atom stereocenters. The number of hydrogen-bond donors (Lipinski definition) is 0. The molecule has 0 N–H and O–H groups in total. The van der Waals surface area contributed by atoms with Crippen molar-refractivity contribution in [2.75, 3.05) is 6.61 Å². The number of halogens is 1. The summed E-state index contributed by atoms with van der Waals surface area (Å²) in [6.45, 7) is 1.67. The lowest BCUT2D eigenvalue weighted by Crippen LogP contribution is -2.19. The number of rotatable bonds is 5. The number of hydrogen-bond acceptors (Lipinski definition) is 5. The van der Waals surface area contributed by atoms with Crippen molar-refractivity contribution in [1.82, 2.24) is 0 Å². The quantitative estimate of drug-likeness (QED) is 0.359. The lowest BCUT2D eigenvalue weighted by molar-refractivity contribution is -0.385. The van der Waals surface area contributed by atoms with Gasteiger partial charge >= 0.3 is 5.97 Å². The third-order valence-corrected chi connectivity index (χ3v) is 2.59. The number of Topliss-reactive ketones (excluding diaryl/α,β-unsaturated/α-hetero) is 1. The number of ketones is 1. The van der Waals surface area contributed by atoms with Gasteiger partial charge in [0.15, 0.2) is 0 Å². The fourth-order valence-corrected chi connectivity index (χ4v) is 1.66. The molecule has 1 aromatic carbocycles. The summed E-state index contributed by atoms with van der Waals surface area (Å²) < 4.78 is 5.06. The normalized spacial score (nSPS) is 9.89. The molecule has 0 saturated heterocycles. The Bertz CT molecular complexity index is 500. The van der Waals surface area contributed by atoms with Crippen molar-refractivity contribution in [3.8, 4) is 0 Å². The van der Waals surface area contributed by atoms with Crippen LogP contribution in [-0.4, -0.2) is 23.3 Å². The van der Waals surface area contributed by atoms with Gasteiger partial charge in [-0.2, -0.15) is 0 Å². The van der Waals surface area contributed by atoms with Crippen LogP contribution < -0.4 is 0 Å². The van der Waals surface area contributed by atoms with Crippen LogP contribution in [0.5, 0.6) is 0 Å². The third kappa shape index (κ3) is 3.63. The van der Waals surface area contributed by atoms with Gasteiger partial charge in [0.05, 0.1) is 11.5 Å². The number of benzene rings is 1. The lowest BCUT2D eigenvalue weighted by atomic mass is 10.1. The van der Waals surface area contributed by atoms with Gasteiger partial charge in [0, 0.05) is 22.5 Å².